The van der Waals surface area contributed by atoms with Crippen LogP contribution in [0.25, 0.3) is 11.6 Å². The number of hydrogen-bond acceptors (Lipinski definition) is 7. The molecule has 0 saturated heterocycles. The molecule has 8 nitrogen and oxygen atoms in total. The summed E-state index contributed by atoms with van der Waals surface area (Å²) in [5.41, 5.74) is 7.72. The van der Waals surface area contributed by atoms with Gasteiger partial charge in [0, 0.05) is 0 Å². The Labute approximate surface area is 187 Å². The molecule has 0 aromatic heterocycles. The van der Waals surface area contributed by atoms with E-state index >= 15 is 0 Å². The summed E-state index contributed by atoms with van der Waals surface area (Å²) in [5, 5.41) is 12.5. The van der Waals surface area contributed by atoms with E-state index in [-0.39, 0.29) is 18.3 Å². The average molecular weight is 448 g/mol. The third-order valence-electron chi connectivity index (χ3n) is 4.30. The predicted molar refractivity (Wildman–Crippen MR) is 122 cm³/mol. The summed E-state index contributed by atoms with van der Waals surface area (Å²) in [6.07, 6.45) is 1.68. The number of anilines is 1. The van der Waals surface area contributed by atoms with E-state index in [1.807, 2.05) is 0 Å². The Bertz CT molecular complexity index is 974. The number of nitriles is 1. The van der Waals surface area contributed by atoms with Crippen molar-refractivity contribution in [3.8, 4) is 29.1 Å². The summed E-state index contributed by atoms with van der Waals surface area (Å²) in [4.78, 5) is 12.0. The van der Waals surface area contributed by atoms with Crippen LogP contribution in [0.5, 0.6) is 23.0 Å². The summed E-state index contributed by atoms with van der Waals surface area (Å²) >= 11 is 0. The first-order valence-corrected chi connectivity index (χ1v) is 9.05. The van der Waals surface area contributed by atoms with Crippen molar-refractivity contribution in [3.05, 3.63) is 41.5 Å². The van der Waals surface area contributed by atoms with Crippen LogP contribution in [0.1, 0.15) is 18.1 Å². The molecule has 31 heavy (non-hydrogen) atoms. The van der Waals surface area contributed by atoms with Gasteiger partial charge in [0.05, 0.1) is 51.8 Å². The fourth-order valence-electron chi connectivity index (χ4n) is 2.74. The van der Waals surface area contributed by atoms with E-state index in [9.17, 15) is 10.1 Å². The van der Waals surface area contributed by atoms with Gasteiger partial charge in [0.15, 0.2) is 11.5 Å². The lowest BCUT2D eigenvalue weighted by atomic mass is 10.0. The molecular weight excluding hydrogens is 422 g/mol. The third kappa shape index (κ3) is 6.04. The number of hydrogen-bond donors (Lipinski definition) is 2. The molecule has 0 heterocycles. The normalized spacial score (nSPS) is 11.5. The van der Waals surface area contributed by atoms with Crippen molar-refractivity contribution in [2.75, 3.05) is 33.8 Å². The molecule has 0 aliphatic heterocycles. The van der Waals surface area contributed by atoms with Crippen molar-refractivity contribution in [1.29, 1.82) is 5.26 Å². The van der Waals surface area contributed by atoms with Crippen molar-refractivity contribution < 1.29 is 23.7 Å². The highest BCUT2D eigenvalue weighted by atomic mass is 35.5. The maximum Gasteiger partial charge on any atom is 0.241 e. The van der Waals surface area contributed by atoms with Crippen LogP contribution in [0, 0.1) is 11.3 Å². The number of carbonyl (C=O) groups is 1. The lowest BCUT2D eigenvalue weighted by Crippen LogP contribution is -2.32. The summed E-state index contributed by atoms with van der Waals surface area (Å²) < 4.78 is 21.3. The van der Waals surface area contributed by atoms with E-state index in [0.29, 0.717) is 45.4 Å². The number of carbonyl (C=O) groups excluding carboxylic acids is 1. The smallest absolute Gasteiger partial charge is 0.241 e. The maximum absolute atomic E-state index is 12.0. The molecule has 0 radical (unpaired) electrons. The molecule has 166 valence electrons. The molecule has 2 aromatic carbocycles. The van der Waals surface area contributed by atoms with Gasteiger partial charge in [-0.2, -0.15) is 5.26 Å². The number of nitrogens with one attached hydrogen (secondary N) is 1. The minimum absolute atomic E-state index is 0. The Morgan fingerprint density at radius 3 is 2.06 bits per heavy atom. The van der Waals surface area contributed by atoms with E-state index in [4.69, 9.17) is 24.7 Å². The van der Waals surface area contributed by atoms with Crippen LogP contribution in [0.2, 0.25) is 0 Å². The number of halogens is 1. The zero-order valence-corrected chi connectivity index (χ0v) is 18.8. The molecule has 3 N–H and O–H groups in total. The van der Waals surface area contributed by atoms with Gasteiger partial charge in [-0.1, -0.05) is 6.07 Å². The minimum Gasteiger partial charge on any atom is -0.495 e. The molecule has 0 saturated carbocycles. The van der Waals surface area contributed by atoms with Gasteiger partial charge in [-0.15, -0.1) is 12.4 Å². The second-order valence-electron chi connectivity index (χ2n) is 6.32. The van der Waals surface area contributed by atoms with Crippen LogP contribution in [0.4, 0.5) is 5.69 Å². The molecule has 9 heteroatoms. The maximum atomic E-state index is 12.0. The molecular formula is C22H26ClN3O5. The number of benzene rings is 2. The van der Waals surface area contributed by atoms with Crippen LogP contribution in [0.15, 0.2) is 30.3 Å². The molecule has 0 bridgehead atoms. The Morgan fingerprint density at radius 2 is 1.61 bits per heavy atom. The van der Waals surface area contributed by atoms with Gasteiger partial charge in [-0.25, -0.2) is 0 Å². The van der Waals surface area contributed by atoms with Crippen molar-refractivity contribution in [1.82, 2.24) is 0 Å². The highest BCUT2D eigenvalue weighted by Crippen LogP contribution is 2.40. The van der Waals surface area contributed by atoms with Crippen molar-refractivity contribution in [2.45, 2.75) is 13.0 Å². The van der Waals surface area contributed by atoms with E-state index < -0.39 is 6.04 Å². The van der Waals surface area contributed by atoms with Gasteiger partial charge < -0.3 is 30.0 Å². The van der Waals surface area contributed by atoms with Gasteiger partial charge in [0.1, 0.15) is 5.75 Å². The van der Waals surface area contributed by atoms with Gasteiger partial charge in [-0.3, -0.25) is 4.79 Å². The predicted octanol–water partition coefficient (Wildman–Crippen LogP) is 3.49. The average Bonchev–Trinajstić information content (AvgIpc) is 2.76. The van der Waals surface area contributed by atoms with Crippen LogP contribution in [0.3, 0.4) is 0 Å². The largest absolute Gasteiger partial charge is 0.495 e. The molecule has 0 aliphatic rings. The van der Waals surface area contributed by atoms with Crippen molar-refractivity contribution in [2.24, 2.45) is 5.73 Å². The van der Waals surface area contributed by atoms with E-state index in [0.717, 1.165) is 0 Å². The van der Waals surface area contributed by atoms with Crippen molar-refractivity contribution in [3.63, 3.8) is 0 Å². The fraction of sp³-hybridized carbons (Fsp3) is 0.273. The molecule has 2 aromatic rings. The summed E-state index contributed by atoms with van der Waals surface area (Å²) in [7, 11) is 6.03. The lowest BCUT2D eigenvalue weighted by Gasteiger charge is -2.14. The lowest BCUT2D eigenvalue weighted by molar-refractivity contribution is -0.117. The zero-order chi connectivity index (χ0) is 22.3. The zero-order valence-electron chi connectivity index (χ0n) is 18.0. The Morgan fingerprint density at radius 1 is 1.03 bits per heavy atom. The first-order valence-electron chi connectivity index (χ1n) is 9.05. The SMILES string of the molecule is COc1ccc(C=C(C#N)c2cc(OC)c(OC)c(OC)c2)cc1NC(=O)C(C)N.Cl. The van der Waals surface area contributed by atoms with E-state index in [1.54, 1.807) is 43.3 Å². The Hall–Kier alpha value is -3.41. The van der Waals surface area contributed by atoms with Gasteiger partial charge in [0.2, 0.25) is 11.7 Å². The first-order chi connectivity index (χ1) is 14.4. The van der Waals surface area contributed by atoms with Crippen LogP contribution in [-0.4, -0.2) is 40.4 Å². The number of nitrogens with two attached hydrogens (primary N) is 1. The van der Waals surface area contributed by atoms with Crippen LogP contribution < -0.4 is 30.0 Å². The van der Waals surface area contributed by atoms with Gasteiger partial charge in [-0.05, 0) is 48.4 Å². The Balaban J connectivity index is 0.00000480. The Kier molecular flexibility index (Phi) is 9.67. The highest BCUT2D eigenvalue weighted by Gasteiger charge is 2.16. The van der Waals surface area contributed by atoms with Crippen LogP contribution in [-0.2, 0) is 4.79 Å². The number of nitrogens with zero attached hydrogens (tertiary/aromatic N) is 1. The molecule has 1 unspecified atom stereocenters. The number of ether oxygens (including phenoxy) is 4. The topological polar surface area (TPSA) is 116 Å². The van der Waals surface area contributed by atoms with Crippen molar-refractivity contribution >= 4 is 35.7 Å². The summed E-state index contributed by atoms with van der Waals surface area (Å²) in [6, 6.07) is 10.1. The number of methoxy groups -OCH3 is 4. The van der Waals surface area contributed by atoms with Gasteiger partial charge >= 0.3 is 0 Å². The molecule has 1 amide bonds. The highest BCUT2D eigenvalue weighted by molar-refractivity contribution is 5.97. The van der Waals surface area contributed by atoms with E-state index in [2.05, 4.69) is 11.4 Å². The van der Waals surface area contributed by atoms with E-state index in [1.165, 1.54) is 28.4 Å². The monoisotopic (exact) mass is 447 g/mol. The number of rotatable bonds is 8. The molecule has 0 spiro atoms. The molecule has 0 fully saturated rings. The molecule has 2 rings (SSSR count). The third-order valence-corrected chi connectivity index (χ3v) is 4.30. The number of amides is 1. The standard InChI is InChI=1S/C22H25N3O5.ClH/c1-13(24)22(26)25-17-9-14(6-7-18(17)27-2)8-16(12-23)15-10-19(28-3)21(30-5)20(11-15)29-4;/h6-11,13H,24H2,1-5H3,(H,25,26);1H. The second-order valence-corrected chi connectivity index (χ2v) is 6.32. The molecule has 0 aliphatic carbocycles. The van der Waals surface area contributed by atoms with Crippen LogP contribution >= 0.6 is 12.4 Å². The molecule has 1 atom stereocenters. The first kappa shape index (κ1) is 25.6. The second kappa shape index (κ2) is 11.7. The summed E-state index contributed by atoms with van der Waals surface area (Å²) in [6.45, 7) is 1.59. The fourth-order valence-corrected chi connectivity index (χ4v) is 2.74. The summed E-state index contributed by atoms with van der Waals surface area (Å²) in [5.74, 6) is 1.44. The number of allylic oxidation sites excluding steroid dienone is 1. The van der Waals surface area contributed by atoms with Gasteiger partial charge in [0.25, 0.3) is 0 Å². The quantitative estimate of drug-likeness (QED) is 0.470. The minimum atomic E-state index is -0.678.